The minimum absolute atomic E-state index is 0.250. The maximum atomic E-state index is 14.9. The summed E-state index contributed by atoms with van der Waals surface area (Å²) in [5.74, 6) is -0.909. The molecule has 204 valence electrons. The zero-order chi connectivity index (χ0) is 28.0. The first-order valence-corrected chi connectivity index (χ1v) is 13.7. The lowest BCUT2D eigenvalue weighted by Crippen LogP contribution is -2.62. The molecule has 2 fully saturated rings. The van der Waals surface area contributed by atoms with Gasteiger partial charge in [0.15, 0.2) is 5.78 Å². The number of benzene rings is 3. The number of fused-ring (bicyclic) bond motifs is 7. The number of ketones is 1. The summed E-state index contributed by atoms with van der Waals surface area (Å²) < 4.78 is 11.0. The van der Waals surface area contributed by atoms with Gasteiger partial charge >= 0.3 is 0 Å². The fourth-order valence-electron chi connectivity index (χ4n) is 7.98. The van der Waals surface area contributed by atoms with Crippen LogP contribution in [0.4, 0.5) is 11.4 Å². The van der Waals surface area contributed by atoms with Crippen LogP contribution in [0.25, 0.3) is 0 Å². The molecule has 2 amide bonds. The lowest BCUT2D eigenvalue weighted by atomic mass is 9.57. The molecule has 4 atom stereocenters. The summed E-state index contributed by atoms with van der Waals surface area (Å²) in [5.41, 5.74) is 0.643. The van der Waals surface area contributed by atoms with Crippen molar-refractivity contribution in [2.45, 2.75) is 36.8 Å². The Morgan fingerprint density at radius 2 is 1.80 bits per heavy atom. The van der Waals surface area contributed by atoms with Crippen molar-refractivity contribution in [1.82, 2.24) is 4.90 Å². The lowest BCUT2D eigenvalue weighted by molar-refractivity contribution is -0.137. The molecule has 9 heteroatoms. The zero-order valence-corrected chi connectivity index (χ0v) is 23.1. The second-order valence-corrected chi connectivity index (χ2v) is 11.4. The highest BCUT2D eigenvalue weighted by Crippen LogP contribution is 2.68. The monoisotopic (exact) mass is 557 g/mol. The number of hydrogen-bond donors (Lipinski definition) is 2. The van der Waals surface area contributed by atoms with Crippen LogP contribution in [0.5, 0.6) is 11.5 Å². The van der Waals surface area contributed by atoms with Crippen LogP contribution in [-0.2, 0) is 20.5 Å². The molecule has 4 aliphatic rings. The molecule has 3 aromatic rings. The number of amides is 2. The first-order valence-electron chi connectivity index (χ1n) is 13.4. The third kappa shape index (κ3) is 2.82. The molecule has 2 saturated heterocycles. The first-order chi connectivity index (χ1) is 19.3. The van der Waals surface area contributed by atoms with Gasteiger partial charge in [-0.05, 0) is 67.8 Å². The van der Waals surface area contributed by atoms with E-state index in [-0.39, 0.29) is 23.6 Å². The fourth-order valence-corrected chi connectivity index (χ4v) is 8.25. The van der Waals surface area contributed by atoms with E-state index >= 15 is 0 Å². The molecule has 0 aromatic heterocycles. The molecular weight excluding hydrogens is 530 g/mol. The Labute approximate surface area is 236 Å². The molecule has 7 rings (SSSR count). The molecule has 4 heterocycles. The highest BCUT2D eigenvalue weighted by atomic mass is 35.5. The molecule has 2 N–H and O–H groups in total. The number of Topliss-reactive ketones (excluding diaryl/α,β-unsaturated/α-hetero) is 1. The Morgan fingerprint density at radius 3 is 2.58 bits per heavy atom. The van der Waals surface area contributed by atoms with Crippen molar-refractivity contribution < 1.29 is 23.9 Å². The number of halogens is 1. The highest BCUT2D eigenvalue weighted by Gasteiger charge is 2.81. The van der Waals surface area contributed by atoms with E-state index in [1.165, 1.54) is 7.11 Å². The Kier molecular flexibility index (Phi) is 5.37. The predicted octanol–water partition coefficient (Wildman–Crippen LogP) is 4.68. The van der Waals surface area contributed by atoms with Gasteiger partial charge in [-0.25, -0.2) is 0 Å². The van der Waals surface area contributed by atoms with E-state index in [1.807, 2.05) is 31.2 Å². The van der Waals surface area contributed by atoms with Gasteiger partial charge in [-0.2, -0.15) is 0 Å². The van der Waals surface area contributed by atoms with E-state index in [4.69, 9.17) is 21.1 Å². The standard InChI is InChI=1S/C31H28ClN3O5/c1-16-13-17(32)14-21-26(16)34-29(38)31(21)30(20-7-4-5-8-22(20)33-28(30)37)25(23-9-6-12-35(23)31)27(36)19-11-10-18(39-2)15-24(19)40-3/h4-5,7-8,10-11,13-15,23,25H,6,9,12H2,1-3H3,(H,33,37)(H,34,38)/t23-,25+,30+,31+/m1/s1. The van der Waals surface area contributed by atoms with E-state index in [1.54, 1.807) is 37.4 Å². The maximum absolute atomic E-state index is 14.9. The van der Waals surface area contributed by atoms with Crippen LogP contribution in [0.15, 0.2) is 54.6 Å². The van der Waals surface area contributed by atoms with Gasteiger partial charge in [-0.3, -0.25) is 19.3 Å². The van der Waals surface area contributed by atoms with Gasteiger partial charge in [0.25, 0.3) is 5.91 Å². The Balaban J connectivity index is 1.58. The number of aryl methyl sites for hydroxylation is 1. The van der Waals surface area contributed by atoms with Crippen molar-refractivity contribution in [3.8, 4) is 11.5 Å². The Bertz CT molecular complexity index is 1640. The van der Waals surface area contributed by atoms with Crippen LogP contribution < -0.4 is 20.1 Å². The molecule has 0 radical (unpaired) electrons. The number of rotatable bonds is 4. The van der Waals surface area contributed by atoms with E-state index in [9.17, 15) is 14.4 Å². The number of para-hydroxylation sites is 1. The van der Waals surface area contributed by atoms with Crippen LogP contribution in [0.1, 0.15) is 39.9 Å². The quantitative estimate of drug-likeness (QED) is 0.452. The van der Waals surface area contributed by atoms with Gasteiger partial charge in [0.05, 0.1) is 25.7 Å². The molecule has 8 nitrogen and oxygen atoms in total. The molecule has 0 saturated carbocycles. The van der Waals surface area contributed by atoms with E-state index in [2.05, 4.69) is 15.5 Å². The van der Waals surface area contributed by atoms with Crippen molar-refractivity contribution in [2.75, 3.05) is 31.4 Å². The molecule has 0 aliphatic carbocycles. The number of carbonyl (C=O) groups excluding carboxylic acids is 3. The van der Waals surface area contributed by atoms with Gasteiger partial charge in [0, 0.05) is 34.1 Å². The number of nitrogens with zero attached hydrogens (tertiary/aromatic N) is 1. The second-order valence-electron chi connectivity index (χ2n) is 10.9. The Hall–Kier alpha value is -3.88. The fraction of sp³-hybridized carbons (Fsp3) is 0.323. The summed E-state index contributed by atoms with van der Waals surface area (Å²) >= 11 is 6.62. The average Bonchev–Trinajstić information content (AvgIpc) is 3.67. The van der Waals surface area contributed by atoms with Crippen LogP contribution in [0, 0.1) is 12.8 Å². The Morgan fingerprint density at radius 1 is 1.00 bits per heavy atom. The normalized spacial score (nSPS) is 27.9. The van der Waals surface area contributed by atoms with Crippen molar-refractivity contribution in [1.29, 1.82) is 0 Å². The molecule has 3 aromatic carbocycles. The summed E-state index contributed by atoms with van der Waals surface area (Å²) in [6, 6.07) is 15.7. The van der Waals surface area contributed by atoms with Crippen LogP contribution in [-0.4, -0.2) is 49.3 Å². The second kappa shape index (κ2) is 8.56. The summed E-state index contributed by atoms with van der Waals surface area (Å²) in [4.78, 5) is 46.2. The maximum Gasteiger partial charge on any atom is 0.251 e. The lowest BCUT2D eigenvalue weighted by Gasteiger charge is -2.43. The summed E-state index contributed by atoms with van der Waals surface area (Å²) in [5, 5.41) is 6.63. The van der Waals surface area contributed by atoms with Crippen molar-refractivity contribution in [2.24, 2.45) is 5.92 Å². The van der Waals surface area contributed by atoms with Crippen LogP contribution >= 0.6 is 11.6 Å². The molecule has 4 aliphatic heterocycles. The van der Waals surface area contributed by atoms with Crippen molar-refractivity contribution in [3.63, 3.8) is 0 Å². The number of carbonyl (C=O) groups is 3. The third-order valence-electron chi connectivity index (χ3n) is 9.32. The smallest absolute Gasteiger partial charge is 0.251 e. The first kappa shape index (κ1) is 25.1. The summed E-state index contributed by atoms with van der Waals surface area (Å²) in [7, 11) is 3.05. The predicted molar refractivity (Wildman–Crippen MR) is 150 cm³/mol. The summed E-state index contributed by atoms with van der Waals surface area (Å²) in [6.07, 6.45) is 1.45. The van der Waals surface area contributed by atoms with Crippen molar-refractivity contribution >= 4 is 40.6 Å². The molecule has 40 heavy (non-hydrogen) atoms. The molecule has 2 spiro atoms. The van der Waals surface area contributed by atoms with Crippen LogP contribution in [0.3, 0.4) is 0 Å². The molecule has 0 unspecified atom stereocenters. The SMILES string of the molecule is COc1ccc(C(=O)[C@@H]2[C@H]3CCCN3[C@@]3(C(=O)Nc4c(C)cc(Cl)cc43)[C@]23C(=O)Nc2ccccc23)c(OC)c1. The third-order valence-corrected chi connectivity index (χ3v) is 9.54. The number of hydrogen-bond acceptors (Lipinski definition) is 6. The highest BCUT2D eigenvalue weighted by molar-refractivity contribution is 6.31. The number of nitrogens with one attached hydrogen (secondary N) is 2. The topological polar surface area (TPSA) is 97.0 Å². The van der Waals surface area contributed by atoms with E-state index in [0.29, 0.717) is 57.6 Å². The van der Waals surface area contributed by atoms with Gasteiger partial charge in [0.2, 0.25) is 5.91 Å². The number of anilines is 2. The van der Waals surface area contributed by atoms with Crippen LogP contribution in [0.2, 0.25) is 5.02 Å². The zero-order valence-electron chi connectivity index (χ0n) is 22.3. The van der Waals surface area contributed by atoms with Gasteiger partial charge in [-0.15, -0.1) is 0 Å². The minimum atomic E-state index is -1.55. The average molecular weight is 558 g/mol. The van der Waals surface area contributed by atoms with Gasteiger partial charge < -0.3 is 20.1 Å². The summed E-state index contributed by atoms with van der Waals surface area (Å²) in [6.45, 7) is 2.45. The minimum Gasteiger partial charge on any atom is -0.497 e. The largest absolute Gasteiger partial charge is 0.497 e. The number of ether oxygens (including phenoxy) is 2. The van der Waals surface area contributed by atoms with E-state index < -0.39 is 16.9 Å². The molecular formula is C31H28ClN3O5. The number of methoxy groups -OCH3 is 2. The van der Waals surface area contributed by atoms with Gasteiger partial charge in [-0.1, -0.05) is 29.8 Å². The van der Waals surface area contributed by atoms with E-state index in [0.717, 1.165) is 12.0 Å². The van der Waals surface area contributed by atoms with Gasteiger partial charge in [0.1, 0.15) is 22.5 Å². The van der Waals surface area contributed by atoms with Crippen molar-refractivity contribution in [3.05, 3.63) is 81.9 Å². The molecule has 0 bridgehead atoms.